The number of carbonyl (C=O) groups excluding carboxylic acids is 1. The second-order valence-corrected chi connectivity index (χ2v) is 5.21. The lowest BCUT2D eigenvalue weighted by Crippen LogP contribution is -2.32. The molecule has 0 atom stereocenters. The van der Waals surface area contributed by atoms with E-state index >= 15 is 0 Å². The average Bonchev–Trinajstić information content (AvgIpc) is 2.34. The molecule has 0 bridgehead atoms. The zero-order valence-electron chi connectivity index (χ0n) is 12.4. The summed E-state index contributed by atoms with van der Waals surface area (Å²) in [6.45, 7) is 5.44. The van der Waals surface area contributed by atoms with Crippen LogP contribution in [0.3, 0.4) is 0 Å². The molecule has 0 spiro atoms. The second-order valence-electron chi connectivity index (χ2n) is 5.21. The molecule has 0 saturated heterocycles. The first kappa shape index (κ1) is 15.5. The number of hydrogen-bond acceptors (Lipinski definition) is 3. The van der Waals surface area contributed by atoms with Gasteiger partial charge in [-0.05, 0) is 31.5 Å². The van der Waals surface area contributed by atoms with Gasteiger partial charge in [-0.25, -0.2) is 0 Å². The van der Waals surface area contributed by atoms with Gasteiger partial charge in [-0.1, -0.05) is 12.1 Å². The van der Waals surface area contributed by atoms with E-state index in [0.717, 1.165) is 6.54 Å². The number of anilines is 1. The van der Waals surface area contributed by atoms with Crippen molar-refractivity contribution >= 4 is 11.6 Å². The Bertz CT molecular complexity index is 385. The number of hydrogen-bond donors (Lipinski definition) is 2. The Morgan fingerprint density at radius 3 is 2.37 bits per heavy atom. The summed E-state index contributed by atoms with van der Waals surface area (Å²) < 4.78 is 0. The summed E-state index contributed by atoms with van der Waals surface area (Å²) in [6, 6.07) is 8.63. The van der Waals surface area contributed by atoms with Gasteiger partial charge >= 0.3 is 0 Å². The zero-order chi connectivity index (χ0) is 14.3. The van der Waals surface area contributed by atoms with Crippen LogP contribution in [0.2, 0.25) is 0 Å². The maximum absolute atomic E-state index is 11.4. The van der Waals surface area contributed by atoms with Crippen molar-refractivity contribution in [2.45, 2.75) is 32.9 Å². The molecule has 1 aromatic carbocycles. The van der Waals surface area contributed by atoms with Gasteiger partial charge in [0, 0.05) is 45.3 Å². The van der Waals surface area contributed by atoms with Gasteiger partial charge in [0.25, 0.3) is 0 Å². The summed E-state index contributed by atoms with van der Waals surface area (Å²) in [5, 5.41) is 6.16. The monoisotopic (exact) mass is 263 g/mol. The molecule has 0 aromatic heterocycles. The summed E-state index contributed by atoms with van der Waals surface area (Å²) >= 11 is 0. The van der Waals surface area contributed by atoms with Gasteiger partial charge in [0.1, 0.15) is 0 Å². The third-order valence-electron chi connectivity index (χ3n) is 2.76. The third-order valence-corrected chi connectivity index (χ3v) is 2.76. The van der Waals surface area contributed by atoms with Gasteiger partial charge in [-0.15, -0.1) is 0 Å². The van der Waals surface area contributed by atoms with Gasteiger partial charge in [-0.3, -0.25) is 4.79 Å². The minimum Gasteiger partial charge on any atom is -0.378 e. The molecule has 0 heterocycles. The molecule has 0 saturated carbocycles. The van der Waals surface area contributed by atoms with E-state index in [-0.39, 0.29) is 11.9 Å². The highest BCUT2D eigenvalue weighted by Crippen LogP contribution is 2.11. The van der Waals surface area contributed by atoms with E-state index in [2.05, 4.69) is 39.8 Å². The van der Waals surface area contributed by atoms with Crippen LogP contribution in [0.25, 0.3) is 0 Å². The third kappa shape index (κ3) is 6.25. The summed E-state index contributed by atoms with van der Waals surface area (Å²) in [7, 11) is 4.06. The fourth-order valence-corrected chi connectivity index (χ4v) is 1.74. The molecule has 1 aromatic rings. The van der Waals surface area contributed by atoms with Crippen LogP contribution in [0, 0.1) is 0 Å². The summed E-state index contributed by atoms with van der Waals surface area (Å²) in [5.74, 6) is 0.102. The van der Waals surface area contributed by atoms with Crippen LogP contribution in [0.5, 0.6) is 0 Å². The Morgan fingerprint density at radius 2 is 1.84 bits per heavy atom. The van der Waals surface area contributed by atoms with E-state index in [4.69, 9.17) is 0 Å². The molecule has 1 amide bonds. The van der Waals surface area contributed by atoms with Crippen molar-refractivity contribution in [1.29, 1.82) is 0 Å². The lowest BCUT2D eigenvalue weighted by Gasteiger charge is -2.13. The molecule has 0 aliphatic carbocycles. The first-order valence-corrected chi connectivity index (χ1v) is 6.75. The first-order valence-electron chi connectivity index (χ1n) is 6.75. The van der Waals surface area contributed by atoms with E-state index in [1.807, 2.05) is 27.9 Å². The summed E-state index contributed by atoms with van der Waals surface area (Å²) in [4.78, 5) is 13.5. The van der Waals surface area contributed by atoms with Gasteiger partial charge < -0.3 is 15.5 Å². The lowest BCUT2D eigenvalue weighted by atomic mass is 10.2. The predicted octanol–water partition coefficient (Wildman–Crippen LogP) is 1.76. The maximum atomic E-state index is 11.4. The molecule has 0 unspecified atom stereocenters. The summed E-state index contributed by atoms with van der Waals surface area (Å²) in [6.07, 6.45) is 0.522. The number of nitrogens with one attached hydrogen (secondary N) is 2. The van der Waals surface area contributed by atoms with Gasteiger partial charge in [0.15, 0.2) is 0 Å². The van der Waals surface area contributed by atoms with Crippen LogP contribution < -0.4 is 15.5 Å². The normalized spacial score (nSPS) is 10.6. The van der Waals surface area contributed by atoms with Crippen LogP contribution in [0.15, 0.2) is 24.3 Å². The number of benzene rings is 1. The van der Waals surface area contributed by atoms with Crippen LogP contribution in [-0.4, -0.2) is 32.6 Å². The summed E-state index contributed by atoms with van der Waals surface area (Å²) in [5.41, 5.74) is 2.43. The molecule has 0 radical (unpaired) electrons. The zero-order valence-corrected chi connectivity index (χ0v) is 12.4. The molecule has 0 aliphatic heterocycles. The highest BCUT2D eigenvalue weighted by molar-refractivity contribution is 5.76. The van der Waals surface area contributed by atoms with Crippen molar-refractivity contribution in [3.63, 3.8) is 0 Å². The Kier molecular flexibility index (Phi) is 6.36. The van der Waals surface area contributed by atoms with Gasteiger partial charge in [0.2, 0.25) is 5.91 Å². The maximum Gasteiger partial charge on any atom is 0.221 e. The van der Waals surface area contributed by atoms with Crippen molar-refractivity contribution in [3.05, 3.63) is 29.8 Å². The Labute approximate surface area is 116 Å². The van der Waals surface area contributed by atoms with E-state index in [0.29, 0.717) is 13.0 Å². The fourth-order valence-electron chi connectivity index (χ4n) is 1.74. The first-order chi connectivity index (χ1) is 8.99. The minimum atomic E-state index is 0.102. The molecule has 2 N–H and O–H groups in total. The molecular formula is C15H25N3O. The van der Waals surface area contributed by atoms with Crippen LogP contribution >= 0.6 is 0 Å². The molecule has 0 aliphatic rings. The minimum absolute atomic E-state index is 0.102. The quantitative estimate of drug-likeness (QED) is 0.737. The van der Waals surface area contributed by atoms with Gasteiger partial charge in [-0.2, -0.15) is 0 Å². The van der Waals surface area contributed by atoms with Crippen molar-refractivity contribution in [3.8, 4) is 0 Å². The number of rotatable bonds is 7. The van der Waals surface area contributed by atoms with Crippen LogP contribution in [-0.2, 0) is 11.3 Å². The largest absolute Gasteiger partial charge is 0.378 e. The molecule has 19 heavy (non-hydrogen) atoms. The Hall–Kier alpha value is -1.55. The highest BCUT2D eigenvalue weighted by atomic mass is 16.1. The van der Waals surface area contributed by atoms with Crippen molar-refractivity contribution < 1.29 is 4.79 Å². The van der Waals surface area contributed by atoms with Gasteiger partial charge in [0.05, 0.1) is 0 Å². The Morgan fingerprint density at radius 1 is 1.21 bits per heavy atom. The standard InChI is InChI=1S/C15H25N3O/c1-12(2)17-15(19)9-10-16-11-13-5-7-14(8-6-13)18(3)4/h5-8,12,16H,9-11H2,1-4H3,(H,17,19). The molecule has 0 fully saturated rings. The van der Waals surface area contributed by atoms with Crippen LogP contribution in [0.4, 0.5) is 5.69 Å². The number of amides is 1. The fraction of sp³-hybridized carbons (Fsp3) is 0.533. The van der Waals surface area contributed by atoms with Crippen molar-refractivity contribution in [2.75, 3.05) is 25.5 Å². The second kappa shape index (κ2) is 7.79. The topological polar surface area (TPSA) is 44.4 Å². The van der Waals surface area contributed by atoms with E-state index < -0.39 is 0 Å². The van der Waals surface area contributed by atoms with E-state index in [1.54, 1.807) is 0 Å². The van der Waals surface area contributed by atoms with E-state index in [9.17, 15) is 4.79 Å². The molecular weight excluding hydrogens is 238 g/mol. The molecule has 106 valence electrons. The molecule has 1 rings (SSSR count). The smallest absolute Gasteiger partial charge is 0.221 e. The van der Waals surface area contributed by atoms with Crippen molar-refractivity contribution in [1.82, 2.24) is 10.6 Å². The van der Waals surface area contributed by atoms with E-state index in [1.165, 1.54) is 11.3 Å². The predicted molar refractivity (Wildman–Crippen MR) is 80.4 cm³/mol. The highest BCUT2D eigenvalue weighted by Gasteiger charge is 2.02. The lowest BCUT2D eigenvalue weighted by molar-refractivity contribution is -0.121. The average molecular weight is 263 g/mol. The number of nitrogens with zero attached hydrogens (tertiary/aromatic N) is 1. The molecule has 4 heteroatoms. The number of carbonyl (C=O) groups is 1. The van der Waals surface area contributed by atoms with Crippen molar-refractivity contribution in [2.24, 2.45) is 0 Å². The SMILES string of the molecule is CC(C)NC(=O)CCNCc1ccc(N(C)C)cc1. The molecule has 4 nitrogen and oxygen atoms in total. The van der Waals surface area contributed by atoms with Crippen LogP contribution in [0.1, 0.15) is 25.8 Å². The Balaban J connectivity index is 2.24.